The van der Waals surface area contributed by atoms with Crippen molar-refractivity contribution in [2.24, 2.45) is 5.73 Å². The van der Waals surface area contributed by atoms with E-state index in [4.69, 9.17) is 5.73 Å². The second kappa shape index (κ2) is 4.75. The predicted octanol–water partition coefficient (Wildman–Crippen LogP) is 2.05. The van der Waals surface area contributed by atoms with Gasteiger partial charge in [0.15, 0.2) is 0 Å². The van der Waals surface area contributed by atoms with E-state index in [1.165, 1.54) is 4.90 Å². The maximum absolute atomic E-state index is 11.2. The molecular formula is C13H18N2O2. The van der Waals surface area contributed by atoms with Crippen LogP contribution in [0.15, 0.2) is 30.3 Å². The molecule has 1 saturated heterocycles. The van der Waals surface area contributed by atoms with Gasteiger partial charge in [0.05, 0.1) is 5.66 Å². The maximum Gasteiger partial charge on any atom is 0.408 e. The summed E-state index contributed by atoms with van der Waals surface area (Å²) in [5, 5.41) is 9.20. The van der Waals surface area contributed by atoms with Crippen LogP contribution in [0.3, 0.4) is 0 Å². The summed E-state index contributed by atoms with van der Waals surface area (Å²) in [4.78, 5) is 12.6. The van der Waals surface area contributed by atoms with Crippen LogP contribution in [-0.4, -0.2) is 28.3 Å². The molecule has 1 aromatic rings. The van der Waals surface area contributed by atoms with Gasteiger partial charge in [-0.3, -0.25) is 4.90 Å². The van der Waals surface area contributed by atoms with Gasteiger partial charge >= 0.3 is 6.09 Å². The molecule has 2 rings (SSSR count). The molecule has 1 heterocycles. The summed E-state index contributed by atoms with van der Waals surface area (Å²) in [6, 6.07) is 9.83. The lowest BCUT2D eigenvalue weighted by Crippen LogP contribution is -2.61. The zero-order valence-electron chi connectivity index (χ0n) is 9.80. The van der Waals surface area contributed by atoms with Crippen LogP contribution in [0, 0.1) is 0 Å². The number of likely N-dealkylation sites (tertiary alicyclic amines) is 1. The van der Waals surface area contributed by atoms with E-state index in [0.717, 1.165) is 24.8 Å². The molecule has 1 amide bonds. The fraction of sp³-hybridized carbons (Fsp3) is 0.462. The number of benzene rings is 1. The van der Waals surface area contributed by atoms with Gasteiger partial charge in [-0.15, -0.1) is 0 Å². The van der Waals surface area contributed by atoms with Gasteiger partial charge in [0.25, 0.3) is 0 Å². The molecule has 4 heteroatoms. The first-order valence-electron chi connectivity index (χ1n) is 5.95. The van der Waals surface area contributed by atoms with Crippen LogP contribution in [0.5, 0.6) is 0 Å². The second-order valence-corrected chi connectivity index (χ2v) is 4.66. The van der Waals surface area contributed by atoms with E-state index in [1.807, 2.05) is 30.3 Å². The molecule has 0 saturated carbocycles. The van der Waals surface area contributed by atoms with Gasteiger partial charge < -0.3 is 10.8 Å². The van der Waals surface area contributed by atoms with Crippen LogP contribution in [0.25, 0.3) is 0 Å². The normalized spacial score (nSPS) is 24.6. The Balaban J connectivity index is 2.18. The topological polar surface area (TPSA) is 66.6 Å². The van der Waals surface area contributed by atoms with Crippen molar-refractivity contribution in [2.75, 3.05) is 6.54 Å². The molecule has 0 aromatic heterocycles. The van der Waals surface area contributed by atoms with Gasteiger partial charge in [-0.2, -0.15) is 0 Å². The van der Waals surface area contributed by atoms with E-state index in [1.54, 1.807) is 0 Å². The summed E-state index contributed by atoms with van der Waals surface area (Å²) in [6.07, 6.45) is 2.30. The molecule has 0 bridgehead atoms. The molecule has 3 N–H and O–H groups in total. The molecule has 1 atom stereocenters. The first-order chi connectivity index (χ1) is 8.12. The van der Waals surface area contributed by atoms with E-state index in [2.05, 4.69) is 0 Å². The quantitative estimate of drug-likeness (QED) is 0.823. The van der Waals surface area contributed by atoms with Crippen LogP contribution in [-0.2, 0) is 6.42 Å². The Bertz CT molecular complexity index is 394. The molecule has 1 fully saturated rings. The first kappa shape index (κ1) is 11.9. The molecule has 1 aliphatic rings. The zero-order valence-corrected chi connectivity index (χ0v) is 9.80. The van der Waals surface area contributed by atoms with Gasteiger partial charge in [0.2, 0.25) is 0 Å². The highest BCUT2D eigenvalue weighted by molar-refractivity contribution is 5.66. The molecule has 1 aromatic carbocycles. The van der Waals surface area contributed by atoms with Crippen LogP contribution < -0.4 is 5.73 Å². The highest BCUT2D eigenvalue weighted by atomic mass is 16.4. The van der Waals surface area contributed by atoms with E-state index in [-0.39, 0.29) is 0 Å². The third-order valence-corrected chi connectivity index (χ3v) is 3.36. The Morgan fingerprint density at radius 3 is 2.71 bits per heavy atom. The number of hydrogen-bond acceptors (Lipinski definition) is 2. The molecule has 0 spiro atoms. The van der Waals surface area contributed by atoms with Crippen molar-refractivity contribution >= 4 is 6.09 Å². The lowest BCUT2D eigenvalue weighted by Gasteiger charge is -2.43. The predicted molar refractivity (Wildman–Crippen MR) is 65.6 cm³/mol. The molecule has 0 radical (unpaired) electrons. The molecule has 4 nitrogen and oxygen atoms in total. The Morgan fingerprint density at radius 1 is 1.35 bits per heavy atom. The van der Waals surface area contributed by atoms with Gasteiger partial charge in [-0.25, -0.2) is 4.79 Å². The Morgan fingerprint density at radius 2 is 2.06 bits per heavy atom. The lowest BCUT2D eigenvalue weighted by atomic mass is 9.90. The summed E-state index contributed by atoms with van der Waals surface area (Å²) in [6.45, 7) is 0.540. The number of carboxylic acid groups (broad SMARTS) is 1. The van der Waals surface area contributed by atoms with Crippen LogP contribution >= 0.6 is 0 Å². The van der Waals surface area contributed by atoms with Crippen molar-refractivity contribution < 1.29 is 9.90 Å². The van der Waals surface area contributed by atoms with Gasteiger partial charge in [0, 0.05) is 13.0 Å². The lowest BCUT2D eigenvalue weighted by molar-refractivity contribution is 0.0504. The van der Waals surface area contributed by atoms with E-state index in [9.17, 15) is 9.90 Å². The first-order valence-corrected chi connectivity index (χ1v) is 5.95. The maximum atomic E-state index is 11.2. The molecule has 0 aliphatic carbocycles. The van der Waals surface area contributed by atoms with Gasteiger partial charge in [0.1, 0.15) is 0 Å². The minimum absolute atomic E-state index is 0.540. The van der Waals surface area contributed by atoms with Crippen LogP contribution in [0.4, 0.5) is 4.79 Å². The number of nitrogens with two attached hydrogens (primary N) is 1. The summed E-state index contributed by atoms with van der Waals surface area (Å²) in [7, 11) is 0. The number of rotatable bonds is 2. The average Bonchev–Trinajstić information content (AvgIpc) is 2.30. The third-order valence-electron chi connectivity index (χ3n) is 3.36. The summed E-state index contributed by atoms with van der Waals surface area (Å²) >= 11 is 0. The Labute approximate surface area is 101 Å². The highest BCUT2D eigenvalue weighted by Gasteiger charge is 2.38. The zero-order chi connectivity index (χ0) is 12.3. The van der Waals surface area contributed by atoms with E-state index < -0.39 is 11.8 Å². The smallest absolute Gasteiger partial charge is 0.408 e. The van der Waals surface area contributed by atoms with Crippen molar-refractivity contribution in [3.05, 3.63) is 35.9 Å². The van der Waals surface area contributed by atoms with Crippen molar-refractivity contribution in [1.29, 1.82) is 0 Å². The Hall–Kier alpha value is -1.55. The van der Waals surface area contributed by atoms with E-state index in [0.29, 0.717) is 13.0 Å². The third kappa shape index (κ3) is 2.58. The van der Waals surface area contributed by atoms with Crippen molar-refractivity contribution in [1.82, 2.24) is 4.90 Å². The average molecular weight is 234 g/mol. The van der Waals surface area contributed by atoms with E-state index >= 15 is 0 Å². The minimum atomic E-state index is -0.914. The number of amides is 1. The number of nitrogens with zero attached hydrogens (tertiary/aromatic N) is 1. The molecule has 1 unspecified atom stereocenters. The SMILES string of the molecule is NC1(Cc2ccccc2)CCCCN1C(=O)O. The largest absolute Gasteiger partial charge is 0.465 e. The summed E-state index contributed by atoms with van der Waals surface area (Å²) in [5.74, 6) is 0. The summed E-state index contributed by atoms with van der Waals surface area (Å²) in [5.41, 5.74) is 6.62. The molecule has 92 valence electrons. The van der Waals surface area contributed by atoms with Crippen molar-refractivity contribution in [2.45, 2.75) is 31.3 Å². The summed E-state index contributed by atoms with van der Waals surface area (Å²) < 4.78 is 0. The fourth-order valence-electron chi connectivity index (χ4n) is 2.48. The Kier molecular flexibility index (Phi) is 3.33. The second-order valence-electron chi connectivity index (χ2n) is 4.66. The standard InChI is InChI=1S/C13H18N2O2/c14-13(10-11-6-2-1-3-7-11)8-4-5-9-15(13)12(16)17/h1-3,6-7H,4-5,8-10,14H2,(H,16,17). The highest BCUT2D eigenvalue weighted by Crippen LogP contribution is 2.27. The minimum Gasteiger partial charge on any atom is -0.465 e. The molecular weight excluding hydrogens is 216 g/mol. The molecule has 1 aliphatic heterocycles. The molecule has 17 heavy (non-hydrogen) atoms. The monoisotopic (exact) mass is 234 g/mol. The number of hydrogen-bond donors (Lipinski definition) is 2. The van der Waals surface area contributed by atoms with Crippen molar-refractivity contribution in [3.63, 3.8) is 0 Å². The van der Waals surface area contributed by atoms with Crippen LogP contribution in [0.1, 0.15) is 24.8 Å². The van der Waals surface area contributed by atoms with Crippen LogP contribution in [0.2, 0.25) is 0 Å². The van der Waals surface area contributed by atoms with Crippen molar-refractivity contribution in [3.8, 4) is 0 Å². The number of carbonyl (C=O) groups is 1. The number of piperidine rings is 1. The van der Waals surface area contributed by atoms with Gasteiger partial charge in [-0.05, 0) is 24.8 Å². The fourth-order valence-corrected chi connectivity index (χ4v) is 2.48. The van der Waals surface area contributed by atoms with Gasteiger partial charge in [-0.1, -0.05) is 30.3 Å².